The molecule has 0 N–H and O–H groups in total. The molecule has 1 aromatic heterocycles. The van der Waals surface area contributed by atoms with Gasteiger partial charge in [0.1, 0.15) is 0 Å². The Morgan fingerprint density at radius 2 is 2.00 bits per heavy atom. The van der Waals surface area contributed by atoms with Crippen LogP contribution in [-0.2, 0) is 16.1 Å². The fourth-order valence-corrected chi connectivity index (χ4v) is 2.24. The lowest BCUT2D eigenvalue weighted by molar-refractivity contribution is -0.142. The Hall–Kier alpha value is -2.70. The number of halogens is 1. The topological polar surface area (TPSA) is 70.4 Å². The minimum atomic E-state index is -0.640. The number of esters is 1. The zero-order valence-electron chi connectivity index (χ0n) is 13.8. The molecule has 0 fully saturated rings. The summed E-state index contributed by atoms with van der Waals surface area (Å²) >= 11 is 0. The number of aromatic nitrogens is 2. The van der Waals surface area contributed by atoms with Gasteiger partial charge >= 0.3 is 5.97 Å². The van der Waals surface area contributed by atoms with Gasteiger partial charge in [-0.15, -0.1) is 0 Å². The van der Waals surface area contributed by atoms with Crippen LogP contribution >= 0.6 is 0 Å². The second-order valence-corrected chi connectivity index (χ2v) is 5.33. The summed E-state index contributed by atoms with van der Waals surface area (Å²) in [5.74, 6) is -1.58. The zero-order chi connectivity index (χ0) is 17.7. The van der Waals surface area contributed by atoms with Crippen LogP contribution in [0.2, 0.25) is 0 Å². The number of ether oxygens (including phenoxy) is 2. The van der Waals surface area contributed by atoms with Crippen LogP contribution in [0.15, 0.2) is 24.3 Å². The van der Waals surface area contributed by atoms with Crippen LogP contribution in [-0.4, -0.2) is 35.2 Å². The Kier molecular flexibility index (Phi) is 5.68. The van der Waals surface area contributed by atoms with E-state index in [1.807, 2.05) is 19.9 Å². The summed E-state index contributed by atoms with van der Waals surface area (Å²) < 4.78 is 25.0. The molecule has 7 heteroatoms. The standard InChI is InChI=1S/C17H19FN2O4/c1-11-8-12(2)20(19-11)7-6-17(22)24-10-15(21)13-4-5-16(23-3)14(18)9-13/h4-5,8-9H,6-7,10H2,1-3H3. The van der Waals surface area contributed by atoms with Crippen molar-refractivity contribution in [2.24, 2.45) is 0 Å². The van der Waals surface area contributed by atoms with Gasteiger partial charge < -0.3 is 9.47 Å². The molecule has 0 atom stereocenters. The number of hydrogen-bond donors (Lipinski definition) is 0. The van der Waals surface area contributed by atoms with E-state index in [1.165, 1.54) is 19.2 Å². The van der Waals surface area contributed by atoms with Crippen molar-refractivity contribution in [1.82, 2.24) is 9.78 Å². The van der Waals surface area contributed by atoms with Crippen LogP contribution in [0.1, 0.15) is 28.2 Å². The third-order valence-electron chi connectivity index (χ3n) is 3.47. The Bertz CT molecular complexity index is 755. The number of carbonyl (C=O) groups excluding carboxylic acids is 2. The van der Waals surface area contributed by atoms with Crippen molar-refractivity contribution >= 4 is 11.8 Å². The molecule has 2 aromatic rings. The Morgan fingerprint density at radius 1 is 1.25 bits per heavy atom. The van der Waals surface area contributed by atoms with E-state index < -0.39 is 24.2 Å². The van der Waals surface area contributed by atoms with Crippen LogP contribution < -0.4 is 4.74 Å². The summed E-state index contributed by atoms with van der Waals surface area (Å²) in [6.45, 7) is 3.72. The van der Waals surface area contributed by atoms with Crippen LogP contribution in [0, 0.1) is 19.7 Å². The third-order valence-corrected chi connectivity index (χ3v) is 3.47. The highest BCUT2D eigenvalue weighted by Gasteiger charge is 2.13. The summed E-state index contributed by atoms with van der Waals surface area (Å²) in [4.78, 5) is 23.7. The molecular formula is C17H19FN2O4. The van der Waals surface area contributed by atoms with Crippen LogP contribution in [0.5, 0.6) is 5.75 Å². The molecule has 0 aliphatic carbocycles. The molecule has 0 saturated heterocycles. The van der Waals surface area contributed by atoms with Gasteiger partial charge in [-0.05, 0) is 38.1 Å². The molecule has 24 heavy (non-hydrogen) atoms. The predicted molar refractivity (Wildman–Crippen MR) is 84.6 cm³/mol. The number of hydrogen-bond acceptors (Lipinski definition) is 5. The minimum absolute atomic E-state index is 0.0495. The maximum absolute atomic E-state index is 13.6. The second kappa shape index (κ2) is 7.72. The number of ketones is 1. The Labute approximate surface area is 139 Å². The lowest BCUT2D eigenvalue weighted by Crippen LogP contribution is -2.16. The van der Waals surface area contributed by atoms with Gasteiger partial charge in [-0.3, -0.25) is 14.3 Å². The lowest BCUT2D eigenvalue weighted by atomic mass is 10.1. The Morgan fingerprint density at radius 3 is 2.58 bits per heavy atom. The van der Waals surface area contributed by atoms with Gasteiger partial charge in [0.05, 0.1) is 25.8 Å². The van der Waals surface area contributed by atoms with Gasteiger partial charge in [0.25, 0.3) is 0 Å². The summed E-state index contributed by atoms with van der Waals surface area (Å²) in [7, 11) is 1.34. The lowest BCUT2D eigenvalue weighted by Gasteiger charge is -2.07. The van der Waals surface area contributed by atoms with E-state index in [9.17, 15) is 14.0 Å². The summed E-state index contributed by atoms with van der Waals surface area (Å²) in [5.41, 5.74) is 1.95. The van der Waals surface area contributed by atoms with Gasteiger partial charge in [0.15, 0.2) is 24.0 Å². The molecule has 0 amide bonds. The van der Waals surface area contributed by atoms with Crippen LogP contribution in [0.25, 0.3) is 0 Å². The largest absolute Gasteiger partial charge is 0.494 e. The number of methoxy groups -OCH3 is 1. The highest BCUT2D eigenvalue weighted by Crippen LogP contribution is 2.18. The minimum Gasteiger partial charge on any atom is -0.494 e. The first-order valence-electron chi connectivity index (χ1n) is 7.44. The van der Waals surface area contributed by atoms with Crippen molar-refractivity contribution in [3.8, 4) is 5.75 Å². The number of Topliss-reactive ketones (excluding diaryl/α,β-unsaturated/α-hetero) is 1. The number of carbonyl (C=O) groups is 2. The summed E-state index contributed by atoms with van der Waals surface area (Å²) in [6.07, 6.45) is 0.103. The van der Waals surface area contributed by atoms with Gasteiger partial charge in [0.2, 0.25) is 0 Å². The predicted octanol–water partition coefficient (Wildman–Crippen LogP) is 2.46. The zero-order valence-corrected chi connectivity index (χ0v) is 13.8. The molecule has 2 rings (SSSR count). The average Bonchev–Trinajstić information content (AvgIpc) is 2.88. The molecule has 128 valence electrons. The first-order valence-corrected chi connectivity index (χ1v) is 7.44. The number of benzene rings is 1. The van der Waals surface area contributed by atoms with E-state index in [1.54, 1.807) is 4.68 Å². The van der Waals surface area contributed by atoms with Crippen molar-refractivity contribution in [2.75, 3.05) is 13.7 Å². The number of aryl methyl sites for hydroxylation is 3. The third kappa shape index (κ3) is 4.41. The molecule has 1 heterocycles. The molecular weight excluding hydrogens is 315 g/mol. The van der Waals surface area contributed by atoms with E-state index in [0.717, 1.165) is 17.5 Å². The van der Waals surface area contributed by atoms with Gasteiger partial charge in [0, 0.05) is 11.3 Å². The van der Waals surface area contributed by atoms with E-state index >= 15 is 0 Å². The monoisotopic (exact) mass is 334 g/mol. The SMILES string of the molecule is COc1ccc(C(=O)COC(=O)CCn2nc(C)cc2C)cc1F. The van der Waals surface area contributed by atoms with Crippen molar-refractivity contribution < 1.29 is 23.5 Å². The van der Waals surface area contributed by atoms with E-state index in [4.69, 9.17) is 9.47 Å². The van der Waals surface area contributed by atoms with Crippen molar-refractivity contribution in [1.29, 1.82) is 0 Å². The maximum atomic E-state index is 13.6. The van der Waals surface area contributed by atoms with Crippen molar-refractivity contribution in [3.05, 3.63) is 47.0 Å². The van der Waals surface area contributed by atoms with Gasteiger partial charge in [-0.1, -0.05) is 0 Å². The summed E-state index contributed by atoms with van der Waals surface area (Å²) in [5, 5.41) is 4.24. The smallest absolute Gasteiger partial charge is 0.308 e. The molecule has 6 nitrogen and oxygen atoms in total. The fourth-order valence-electron chi connectivity index (χ4n) is 2.24. The molecule has 0 spiro atoms. The van der Waals surface area contributed by atoms with E-state index in [-0.39, 0.29) is 17.7 Å². The quantitative estimate of drug-likeness (QED) is 0.575. The van der Waals surface area contributed by atoms with Gasteiger partial charge in [-0.2, -0.15) is 5.10 Å². The second-order valence-electron chi connectivity index (χ2n) is 5.33. The molecule has 1 aromatic carbocycles. The normalized spacial score (nSPS) is 10.5. The average molecular weight is 334 g/mol. The van der Waals surface area contributed by atoms with Gasteiger partial charge in [-0.25, -0.2) is 4.39 Å². The van der Waals surface area contributed by atoms with Crippen LogP contribution in [0.3, 0.4) is 0 Å². The van der Waals surface area contributed by atoms with Crippen molar-refractivity contribution in [2.45, 2.75) is 26.8 Å². The number of rotatable bonds is 7. The molecule has 0 bridgehead atoms. The van der Waals surface area contributed by atoms with E-state index in [0.29, 0.717) is 6.54 Å². The molecule has 0 saturated carbocycles. The van der Waals surface area contributed by atoms with E-state index in [2.05, 4.69) is 5.10 Å². The summed E-state index contributed by atoms with van der Waals surface area (Å²) in [6, 6.07) is 5.75. The van der Waals surface area contributed by atoms with Crippen LogP contribution in [0.4, 0.5) is 4.39 Å². The fraction of sp³-hybridized carbons (Fsp3) is 0.353. The Balaban J connectivity index is 1.84. The highest BCUT2D eigenvalue weighted by molar-refractivity contribution is 5.98. The van der Waals surface area contributed by atoms with Crippen molar-refractivity contribution in [3.63, 3.8) is 0 Å². The highest BCUT2D eigenvalue weighted by atomic mass is 19.1. The molecule has 0 aliphatic heterocycles. The number of nitrogens with zero attached hydrogens (tertiary/aromatic N) is 2. The first kappa shape index (κ1) is 17.7. The molecule has 0 radical (unpaired) electrons. The first-order chi connectivity index (χ1) is 11.4. The molecule has 0 aliphatic rings. The molecule has 0 unspecified atom stereocenters. The maximum Gasteiger partial charge on any atom is 0.308 e.